The Hall–Kier alpha value is -1.58. The molecule has 1 saturated heterocycles. The Morgan fingerprint density at radius 2 is 2.00 bits per heavy atom. The van der Waals surface area contributed by atoms with E-state index < -0.39 is 0 Å². The van der Waals surface area contributed by atoms with Crippen molar-refractivity contribution in [3.8, 4) is 0 Å². The molecule has 0 amide bonds. The largest absolute Gasteiger partial charge is 0.357 e. The summed E-state index contributed by atoms with van der Waals surface area (Å²) in [7, 11) is 0. The molecule has 2 aromatic heterocycles. The average Bonchev–Trinajstić information content (AvgIpc) is 2.78. The third kappa shape index (κ3) is 1.46. The van der Waals surface area contributed by atoms with E-state index in [2.05, 4.69) is 19.9 Å². The van der Waals surface area contributed by atoms with Crippen LogP contribution in [0.2, 0.25) is 0 Å². The molecular weight excluding hydrogens is 188 g/mol. The van der Waals surface area contributed by atoms with E-state index in [-0.39, 0.29) is 0 Å². The fraction of sp³-hybridized carbons (Fsp3) is 0.455. The van der Waals surface area contributed by atoms with Crippen LogP contribution in [-0.2, 0) is 0 Å². The van der Waals surface area contributed by atoms with Gasteiger partial charge in [-0.1, -0.05) is 0 Å². The summed E-state index contributed by atoms with van der Waals surface area (Å²) in [5.41, 5.74) is 2.07. The van der Waals surface area contributed by atoms with Crippen LogP contribution in [0.15, 0.2) is 18.6 Å². The van der Waals surface area contributed by atoms with E-state index in [1.54, 1.807) is 6.33 Å². The molecule has 4 heteroatoms. The quantitative estimate of drug-likeness (QED) is 0.768. The zero-order valence-electron chi connectivity index (χ0n) is 8.61. The van der Waals surface area contributed by atoms with Gasteiger partial charge in [0.1, 0.15) is 11.8 Å². The Bertz CT molecular complexity index is 456. The summed E-state index contributed by atoms with van der Waals surface area (Å²) in [5, 5.41) is 0. The van der Waals surface area contributed by atoms with Gasteiger partial charge in [-0.05, 0) is 25.3 Å². The van der Waals surface area contributed by atoms with Crippen LogP contribution in [0.1, 0.15) is 19.3 Å². The van der Waals surface area contributed by atoms with Gasteiger partial charge in [0.05, 0.1) is 5.52 Å². The molecular formula is C11H14N4. The van der Waals surface area contributed by atoms with Gasteiger partial charge < -0.3 is 9.88 Å². The molecule has 0 atom stereocenters. The monoisotopic (exact) mass is 202 g/mol. The molecule has 3 rings (SSSR count). The van der Waals surface area contributed by atoms with Crippen LogP contribution in [-0.4, -0.2) is 28.0 Å². The Balaban J connectivity index is 2.05. The van der Waals surface area contributed by atoms with Crippen molar-refractivity contribution < 1.29 is 0 Å². The number of hydrogen-bond acceptors (Lipinski definition) is 3. The average molecular weight is 202 g/mol. The first kappa shape index (κ1) is 8.71. The molecule has 0 bridgehead atoms. The maximum atomic E-state index is 4.39. The molecule has 3 heterocycles. The Kier molecular flexibility index (Phi) is 2.05. The number of hydrogen-bond donors (Lipinski definition) is 1. The van der Waals surface area contributed by atoms with E-state index in [0.29, 0.717) is 0 Å². The van der Waals surface area contributed by atoms with Gasteiger partial charge in [0, 0.05) is 19.3 Å². The van der Waals surface area contributed by atoms with Crippen molar-refractivity contribution in [2.24, 2.45) is 0 Å². The van der Waals surface area contributed by atoms with Gasteiger partial charge in [-0.3, -0.25) is 0 Å². The lowest BCUT2D eigenvalue weighted by molar-refractivity contribution is 0.574. The van der Waals surface area contributed by atoms with E-state index >= 15 is 0 Å². The van der Waals surface area contributed by atoms with Crippen LogP contribution in [0.5, 0.6) is 0 Å². The predicted molar refractivity (Wildman–Crippen MR) is 60.0 cm³/mol. The SMILES string of the molecule is c1nc(N2CCCCC2)c2[nH]ccc2n1. The zero-order chi connectivity index (χ0) is 10.1. The van der Waals surface area contributed by atoms with Crippen molar-refractivity contribution in [1.82, 2.24) is 15.0 Å². The van der Waals surface area contributed by atoms with Crippen molar-refractivity contribution in [1.29, 1.82) is 0 Å². The molecule has 0 radical (unpaired) electrons. The molecule has 15 heavy (non-hydrogen) atoms. The second-order valence-corrected chi connectivity index (χ2v) is 3.98. The molecule has 1 aliphatic rings. The summed E-state index contributed by atoms with van der Waals surface area (Å²) in [6.07, 6.45) is 7.46. The van der Waals surface area contributed by atoms with Crippen molar-refractivity contribution in [2.45, 2.75) is 19.3 Å². The van der Waals surface area contributed by atoms with Crippen LogP contribution < -0.4 is 4.90 Å². The number of H-pyrrole nitrogens is 1. The molecule has 1 fully saturated rings. The molecule has 78 valence electrons. The molecule has 1 N–H and O–H groups in total. The van der Waals surface area contributed by atoms with E-state index in [1.165, 1.54) is 19.3 Å². The summed E-state index contributed by atoms with van der Waals surface area (Å²) < 4.78 is 0. The molecule has 0 spiro atoms. The first-order chi connectivity index (χ1) is 7.45. The number of nitrogens with one attached hydrogen (secondary N) is 1. The number of aromatic amines is 1. The second kappa shape index (κ2) is 3.53. The number of piperidine rings is 1. The lowest BCUT2D eigenvalue weighted by Gasteiger charge is -2.27. The van der Waals surface area contributed by atoms with Crippen molar-refractivity contribution in [3.63, 3.8) is 0 Å². The first-order valence-electron chi connectivity index (χ1n) is 5.48. The topological polar surface area (TPSA) is 44.8 Å². The highest BCUT2D eigenvalue weighted by atomic mass is 15.2. The fourth-order valence-electron chi connectivity index (χ4n) is 2.20. The molecule has 0 unspecified atom stereocenters. The number of aromatic nitrogens is 3. The van der Waals surface area contributed by atoms with Gasteiger partial charge in [-0.15, -0.1) is 0 Å². The highest BCUT2D eigenvalue weighted by molar-refractivity contribution is 5.85. The van der Waals surface area contributed by atoms with Gasteiger partial charge in [-0.2, -0.15) is 0 Å². The van der Waals surface area contributed by atoms with Crippen LogP contribution >= 0.6 is 0 Å². The van der Waals surface area contributed by atoms with Gasteiger partial charge >= 0.3 is 0 Å². The zero-order valence-corrected chi connectivity index (χ0v) is 8.61. The Labute approximate surface area is 88.3 Å². The summed E-state index contributed by atoms with van der Waals surface area (Å²) in [4.78, 5) is 14.2. The van der Waals surface area contributed by atoms with Gasteiger partial charge in [0.25, 0.3) is 0 Å². The van der Waals surface area contributed by atoms with E-state index in [9.17, 15) is 0 Å². The van der Waals surface area contributed by atoms with Crippen molar-refractivity contribution in [2.75, 3.05) is 18.0 Å². The highest BCUT2D eigenvalue weighted by Gasteiger charge is 2.15. The molecule has 0 aromatic carbocycles. The van der Waals surface area contributed by atoms with Crippen molar-refractivity contribution >= 4 is 16.9 Å². The maximum Gasteiger partial charge on any atom is 0.156 e. The molecule has 4 nitrogen and oxygen atoms in total. The van der Waals surface area contributed by atoms with Crippen molar-refractivity contribution in [3.05, 3.63) is 18.6 Å². The summed E-state index contributed by atoms with van der Waals surface area (Å²) in [6, 6.07) is 1.99. The summed E-state index contributed by atoms with van der Waals surface area (Å²) >= 11 is 0. The Morgan fingerprint density at radius 1 is 1.13 bits per heavy atom. The normalized spacial score (nSPS) is 17.2. The second-order valence-electron chi connectivity index (χ2n) is 3.98. The third-order valence-corrected chi connectivity index (χ3v) is 2.98. The van der Waals surface area contributed by atoms with E-state index in [4.69, 9.17) is 0 Å². The van der Waals surface area contributed by atoms with E-state index in [0.717, 1.165) is 29.9 Å². The molecule has 0 aliphatic carbocycles. The lowest BCUT2D eigenvalue weighted by atomic mass is 10.1. The summed E-state index contributed by atoms with van der Waals surface area (Å²) in [5.74, 6) is 1.06. The van der Waals surface area contributed by atoms with Crippen LogP contribution in [0.4, 0.5) is 5.82 Å². The number of rotatable bonds is 1. The standard InChI is InChI=1S/C11H14N4/c1-2-6-15(7-3-1)11-10-9(4-5-12-10)13-8-14-11/h4-5,8,12H,1-3,6-7H2. The first-order valence-corrected chi connectivity index (χ1v) is 5.48. The van der Waals surface area contributed by atoms with Crippen LogP contribution in [0, 0.1) is 0 Å². The minimum atomic E-state index is 1.01. The van der Waals surface area contributed by atoms with E-state index in [1.807, 2.05) is 12.3 Å². The fourth-order valence-corrected chi connectivity index (χ4v) is 2.20. The van der Waals surface area contributed by atoms with Gasteiger partial charge in [0.15, 0.2) is 5.82 Å². The maximum absolute atomic E-state index is 4.39. The Morgan fingerprint density at radius 3 is 2.87 bits per heavy atom. The van der Waals surface area contributed by atoms with Crippen LogP contribution in [0.25, 0.3) is 11.0 Å². The highest BCUT2D eigenvalue weighted by Crippen LogP contribution is 2.23. The lowest BCUT2D eigenvalue weighted by Crippen LogP contribution is -2.30. The number of nitrogens with zero attached hydrogens (tertiary/aromatic N) is 3. The minimum Gasteiger partial charge on any atom is -0.357 e. The third-order valence-electron chi connectivity index (χ3n) is 2.98. The molecule has 2 aromatic rings. The van der Waals surface area contributed by atoms with Crippen LogP contribution in [0.3, 0.4) is 0 Å². The van der Waals surface area contributed by atoms with Gasteiger partial charge in [-0.25, -0.2) is 9.97 Å². The predicted octanol–water partition coefficient (Wildman–Crippen LogP) is 1.95. The summed E-state index contributed by atoms with van der Waals surface area (Å²) in [6.45, 7) is 2.23. The number of anilines is 1. The number of fused-ring (bicyclic) bond motifs is 1. The van der Waals surface area contributed by atoms with Gasteiger partial charge in [0.2, 0.25) is 0 Å². The molecule has 1 aliphatic heterocycles. The smallest absolute Gasteiger partial charge is 0.156 e. The molecule has 0 saturated carbocycles. The minimum absolute atomic E-state index is 1.01.